The molecule has 0 aliphatic carbocycles. The quantitative estimate of drug-likeness (QED) is 0.570. The van der Waals surface area contributed by atoms with Gasteiger partial charge in [-0.25, -0.2) is 13.6 Å². The number of carbonyl (C=O) groups is 1. The van der Waals surface area contributed by atoms with Crippen LogP contribution in [0.3, 0.4) is 0 Å². The lowest BCUT2D eigenvalue weighted by atomic mass is 10.3. The number of unbranched alkanes of at least 4 members (excludes halogenated alkanes) is 1. The summed E-state index contributed by atoms with van der Waals surface area (Å²) in [5.74, 6) is -2.09. The van der Waals surface area contributed by atoms with Crippen molar-refractivity contribution in [3.05, 3.63) is 29.8 Å². The monoisotopic (exact) mass is 244 g/mol. The topological polar surface area (TPSA) is 35.5 Å². The Morgan fingerprint density at radius 1 is 1.24 bits per heavy atom. The van der Waals surface area contributed by atoms with Gasteiger partial charge in [0, 0.05) is 18.2 Å². The predicted molar refractivity (Wildman–Crippen MR) is 57.7 cm³/mol. The molecule has 1 rings (SSSR count). The molecule has 0 saturated heterocycles. The van der Waals surface area contributed by atoms with Gasteiger partial charge < -0.3 is 9.47 Å². The lowest BCUT2D eigenvalue weighted by molar-refractivity contribution is -0.146. The van der Waals surface area contributed by atoms with Gasteiger partial charge in [-0.05, 0) is 6.42 Å². The minimum absolute atomic E-state index is 0.0325. The van der Waals surface area contributed by atoms with Gasteiger partial charge >= 0.3 is 5.97 Å². The van der Waals surface area contributed by atoms with Crippen LogP contribution in [0.25, 0.3) is 0 Å². The lowest BCUT2D eigenvalue weighted by Gasteiger charge is -2.06. The first-order chi connectivity index (χ1) is 8.11. The summed E-state index contributed by atoms with van der Waals surface area (Å²) in [4.78, 5) is 11.1. The summed E-state index contributed by atoms with van der Waals surface area (Å²) in [7, 11) is 0. The number of hydrogen-bond acceptors (Lipinski definition) is 3. The maximum atomic E-state index is 12.8. The molecular weight excluding hydrogens is 230 g/mol. The molecule has 0 amide bonds. The largest absolute Gasteiger partial charge is 0.482 e. The van der Waals surface area contributed by atoms with E-state index in [9.17, 15) is 13.6 Å². The lowest BCUT2D eigenvalue weighted by Crippen LogP contribution is -2.15. The molecule has 17 heavy (non-hydrogen) atoms. The van der Waals surface area contributed by atoms with Crippen LogP contribution in [0.2, 0.25) is 0 Å². The second kappa shape index (κ2) is 6.83. The number of carbonyl (C=O) groups excluding carboxylic acids is 1. The van der Waals surface area contributed by atoms with Gasteiger partial charge in [0.25, 0.3) is 0 Å². The molecule has 0 aliphatic heterocycles. The number of halogens is 2. The van der Waals surface area contributed by atoms with E-state index in [0.717, 1.165) is 31.0 Å². The Kier molecular flexibility index (Phi) is 5.39. The van der Waals surface area contributed by atoms with E-state index in [-0.39, 0.29) is 12.4 Å². The highest BCUT2D eigenvalue weighted by Gasteiger charge is 2.06. The molecule has 0 bridgehead atoms. The standard InChI is InChI=1S/C12H14F2O3/c1-2-3-4-16-12(15)8-17-11-6-9(13)5-10(14)7-11/h5-7H,2-4,8H2,1H3. The van der Waals surface area contributed by atoms with E-state index in [0.29, 0.717) is 6.61 Å². The predicted octanol–water partition coefficient (Wildman–Crippen LogP) is 2.69. The first-order valence-corrected chi connectivity index (χ1v) is 5.36. The Hall–Kier alpha value is -1.65. The Bertz CT molecular complexity index is 360. The molecule has 94 valence electrons. The van der Waals surface area contributed by atoms with Crippen molar-refractivity contribution in [1.82, 2.24) is 0 Å². The molecule has 0 atom stereocenters. The summed E-state index contributed by atoms with van der Waals surface area (Å²) in [6, 6.07) is 2.73. The first kappa shape index (κ1) is 13.4. The van der Waals surface area contributed by atoms with E-state index < -0.39 is 17.6 Å². The number of ether oxygens (including phenoxy) is 2. The van der Waals surface area contributed by atoms with Gasteiger partial charge in [-0.2, -0.15) is 0 Å². The van der Waals surface area contributed by atoms with Crippen LogP contribution in [0.15, 0.2) is 18.2 Å². The summed E-state index contributed by atoms with van der Waals surface area (Å²) >= 11 is 0. The maximum absolute atomic E-state index is 12.8. The molecule has 0 radical (unpaired) electrons. The molecular formula is C12H14F2O3. The molecule has 0 N–H and O–H groups in total. The van der Waals surface area contributed by atoms with E-state index in [1.54, 1.807) is 0 Å². The van der Waals surface area contributed by atoms with Crippen LogP contribution >= 0.6 is 0 Å². The van der Waals surface area contributed by atoms with Gasteiger partial charge in [-0.1, -0.05) is 13.3 Å². The first-order valence-electron chi connectivity index (χ1n) is 5.36. The van der Waals surface area contributed by atoms with Crippen LogP contribution in [0.4, 0.5) is 8.78 Å². The molecule has 1 aromatic rings. The fourth-order valence-corrected chi connectivity index (χ4v) is 1.13. The Morgan fingerprint density at radius 3 is 2.47 bits per heavy atom. The number of hydrogen-bond donors (Lipinski definition) is 0. The average molecular weight is 244 g/mol. The third-order valence-corrected chi connectivity index (χ3v) is 1.95. The third kappa shape index (κ3) is 5.29. The van der Waals surface area contributed by atoms with Crippen molar-refractivity contribution in [2.24, 2.45) is 0 Å². The maximum Gasteiger partial charge on any atom is 0.344 e. The fourth-order valence-electron chi connectivity index (χ4n) is 1.13. The summed E-state index contributed by atoms with van der Waals surface area (Å²) < 4.78 is 35.2. The van der Waals surface area contributed by atoms with Crippen molar-refractivity contribution < 1.29 is 23.0 Å². The van der Waals surface area contributed by atoms with Crippen molar-refractivity contribution in [2.75, 3.05) is 13.2 Å². The van der Waals surface area contributed by atoms with Crippen LogP contribution < -0.4 is 4.74 Å². The Labute approximate surface area is 98.3 Å². The van der Waals surface area contributed by atoms with E-state index >= 15 is 0 Å². The molecule has 3 nitrogen and oxygen atoms in total. The van der Waals surface area contributed by atoms with Gasteiger partial charge in [0.2, 0.25) is 0 Å². The SMILES string of the molecule is CCCCOC(=O)COc1cc(F)cc(F)c1. The molecule has 0 aliphatic rings. The highest BCUT2D eigenvalue weighted by molar-refractivity contribution is 5.71. The summed E-state index contributed by atoms with van der Waals surface area (Å²) in [6.07, 6.45) is 1.70. The molecule has 5 heteroatoms. The zero-order valence-electron chi connectivity index (χ0n) is 9.54. The van der Waals surface area contributed by atoms with Gasteiger partial charge in [0.1, 0.15) is 17.4 Å². The Morgan fingerprint density at radius 2 is 1.88 bits per heavy atom. The average Bonchev–Trinajstić information content (AvgIpc) is 2.25. The summed E-state index contributed by atoms with van der Waals surface area (Å²) in [6.45, 7) is 1.95. The van der Waals surface area contributed by atoms with E-state index in [1.165, 1.54) is 0 Å². The van der Waals surface area contributed by atoms with Crippen LogP contribution in [0.1, 0.15) is 19.8 Å². The molecule has 1 aromatic carbocycles. The van der Waals surface area contributed by atoms with Crippen molar-refractivity contribution >= 4 is 5.97 Å². The number of esters is 1. The molecule has 0 heterocycles. The van der Waals surface area contributed by atoms with Gasteiger partial charge in [-0.15, -0.1) is 0 Å². The van der Waals surface area contributed by atoms with Gasteiger partial charge in [0.05, 0.1) is 6.61 Å². The van der Waals surface area contributed by atoms with Crippen molar-refractivity contribution in [2.45, 2.75) is 19.8 Å². The number of rotatable bonds is 6. The zero-order valence-corrected chi connectivity index (χ0v) is 9.54. The van der Waals surface area contributed by atoms with E-state index in [2.05, 4.69) is 0 Å². The van der Waals surface area contributed by atoms with E-state index in [4.69, 9.17) is 9.47 Å². The molecule has 0 saturated carbocycles. The molecule has 0 fully saturated rings. The van der Waals surface area contributed by atoms with Crippen LogP contribution in [-0.4, -0.2) is 19.2 Å². The third-order valence-electron chi connectivity index (χ3n) is 1.95. The highest BCUT2D eigenvalue weighted by Crippen LogP contribution is 2.15. The zero-order chi connectivity index (χ0) is 12.7. The molecule has 0 aromatic heterocycles. The van der Waals surface area contributed by atoms with Crippen LogP contribution in [0.5, 0.6) is 5.75 Å². The fraction of sp³-hybridized carbons (Fsp3) is 0.417. The van der Waals surface area contributed by atoms with Crippen LogP contribution in [0, 0.1) is 11.6 Å². The van der Waals surface area contributed by atoms with Crippen molar-refractivity contribution in [3.63, 3.8) is 0 Å². The Balaban J connectivity index is 2.36. The van der Waals surface area contributed by atoms with Crippen molar-refractivity contribution in [1.29, 1.82) is 0 Å². The second-order valence-corrected chi connectivity index (χ2v) is 3.47. The number of benzene rings is 1. The minimum atomic E-state index is -0.751. The minimum Gasteiger partial charge on any atom is -0.482 e. The normalized spacial score (nSPS) is 10.1. The van der Waals surface area contributed by atoms with Crippen molar-refractivity contribution in [3.8, 4) is 5.75 Å². The summed E-state index contributed by atoms with van der Waals surface area (Å²) in [5.41, 5.74) is 0. The van der Waals surface area contributed by atoms with Gasteiger partial charge in [-0.3, -0.25) is 0 Å². The molecule has 0 unspecified atom stereocenters. The molecule has 0 spiro atoms. The summed E-state index contributed by atoms with van der Waals surface area (Å²) in [5, 5.41) is 0. The van der Waals surface area contributed by atoms with E-state index in [1.807, 2.05) is 6.92 Å². The smallest absolute Gasteiger partial charge is 0.344 e. The second-order valence-electron chi connectivity index (χ2n) is 3.47. The van der Waals surface area contributed by atoms with Crippen LogP contribution in [-0.2, 0) is 9.53 Å². The van der Waals surface area contributed by atoms with Gasteiger partial charge in [0.15, 0.2) is 6.61 Å². The highest BCUT2D eigenvalue weighted by atomic mass is 19.1.